The summed E-state index contributed by atoms with van der Waals surface area (Å²) in [6, 6.07) is 5.82. The van der Waals surface area contributed by atoms with Gasteiger partial charge in [-0.2, -0.15) is 5.26 Å². The second kappa shape index (κ2) is 6.97. The molecular formula is C17H24N4O2. The van der Waals surface area contributed by atoms with Crippen molar-refractivity contribution in [1.29, 1.82) is 5.26 Å². The van der Waals surface area contributed by atoms with Crippen molar-refractivity contribution in [3.8, 4) is 6.07 Å². The van der Waals surface area contributed by atoms with Crippen LogP contribution >= 0.6 is 0 Å². The van der Waals surface area contributed by atoms with Gasteiger partial charge < -0.3 is 9.64 Å². The molecule has 6 heteroatoms. The van der Waals surface area contributed by atoms with Crippen LogP contribution in [0.3, 0.4) is 0 Å². The lowest BCUT2D eigenvalue weighted by molar-refractivity contribution is 0.000438. The van der Waals surface area contributed by atoms with E-state index in [0.717, 1.165) is 25.3 Å². The highest BCUT2D eigenvalue weighted by Crippen LogP contribution is 2.16. The Bertz CT molecular complexity index is 586. The largest absolute Gasteiger partial charge is 0.444 e. The van der Waals surface area contributed by atoms with Crippen LogP contribution in [0.5, 0.6) is 0 Å². The minimum Gasteiger partial charge on any atom is -0.444 e. The minimum atomic E-state index is -0.472. The molecule has 1 fully saturated rings. The molecule has 0 N–H and O–H groups in total. The van der Waals surface area contributed by atoms with E-state index in [1.807, 2.05) is 33.8 Å². The van der Waals surface area contributed by atoms with Gasteiger partial charge in [-0.1, -0.05) is 0 Å². The number of hydrogen-bond acceptors (Lipinski definition) is 5. The number of piperazine rings is 1. The molecule has 1 aromatic heterocycles. The molecule has 0 saturated carbocycles. The van der Waals surface area contributed by atoms with E-state index in [1.165, 1.54) is 0 Å². The van der Waals surface area contributed by atoms with Crippen molar-refractivity contribution in [3.05, 3.63) is 29.6 Å². The lowest BCUT2D eigenvalue weighted by Gasteiger charge is -2.40. The maximum absolute atomic E-state index is 12.2. The summed E-state index contributed by atoms with van der Waals surface area (Å²) in [5, 5.41) is 8.80. The Morgan fingerprint density at radius 3 is 2.70 bits per heavy atom. The summed E-state index contributed by atoms with van der Waals surface area (Å²) in [5.41, 5.74) is 1.03. The van der Waals surface area contributed by atoms with Crippen molar-refractivity contribution < 1.29 is 9.53 Å². The molecule has 23 heavy (non-hydrogen) atoms. The summed E-state index contributed by atoms with van der Waals surface area (Å²) in [5.74, 6) is 0. The zero-order valence-electron chi connectivity index (χ0n) is 14.2. The number of nitriles is 1. The van der Waals surface area contributed by atoms with Crippen LogP contribution in [0.1, 0.15) is 39.0 Å². The molecular weight excluding hydrogens is 292 g/mol. The van der Waals surface area contributed by atoms with Crippen molar-refractivity contribution in [2.75, 3.05) is 19.6 Å². The van der Waals surface area contributed by atoms with Crippen LogP contribution in [-0.4, -0.2) is 52.2 Å². The number of ether oxygens (including phenoxy) is 1. The fourth-order valence-corrected chi connectivity index (χ4v) is 2.58. The maximum atomic E-state index is 12.2. The lowest BCUT2D eigenvalue weighted by atomic mass is 10.1. The molecule has 2 heterocycles. The number of aromatic nitrogens is 1. The van der Waals surface area contributed by atoms with Gasteiger partial charge in [0.2, 0.25) is 0 Å². The van der Waals surface area contributed by atoms with Crippen LogP contribution in [0.25, 0.3) is 0 Å². The van der Waals surface area contributed by atoms with Gasteiger partial charge in [0.05, 0.1) is 11.3 Å². The van der Waals surface area contributed by atoms with E-state index >= 15 is 0 Å². The minimum absolute atomic E-state index is 0.0944. The van der Waals surface area contributed by atoms with Crippen molar-refractivity contribution >= 4 is 6.09 Å². The predicted molar refractivity (Wildman–Crippen MR) is 86.6 cm³/mol. The van der Waals surface area contributed by atoms with E-state index < -0.39 is 5.60 Å². The average molecular weight is 316 g/mol. The third-order valence-electron chi connectivity index (χ3n) is 3.68. The SMILES string of the molecule is C[C@@H]1CN(Cc2ccc(C#N)cn2)CCN1C(=O)OC(C)(C)C. The molecule has 1 aromatic rings. The molecule has 0 unspecified atom stereocenters. The van der Waals surface area contributed by atoms with E-state index in [0.29, 0.717) is 12.1 Å². The van der Waals surface area contributed by atoms with Crippen LogP contribution in [0, 0.1) is 11.3 Å². The van der Waals surface area contributed by atoms with Gasteiger partial charge in [0.1, 0.15) is 11.7 Å². The molecule has 0 bridgehead atoms. The number of nitrogens with zero attached hydrogens (tertiary/aromatic N) is 4. The normalized spacial score (nSPS) is 19.3. The molecule has 0 radical (unpaired) electrons. The highest BCUT2D eigenvalue weighted by atomic mass is 16.6. The van der Waals surface area contributed by atoms with Gasteiger partial charge in [-0.05, 0) is 39.8 Å². The van der Waals surface area contributed by atoms with Gasteiger partial charge in [0, 0.05) is 38.4 Å². The Hall–Kier alpha value is -2.13. The van der Waals surface area contributed by atoms with Crippen LogP contribution < -0.4 is 0 Å². The Kier molecular flexibility index (Phi) is 5.22. The van der Waals surface area contributed by atoms with Gasteiger partial charge in [-0.25, -0.2) is 4.79 Å². The first-order valence-electron chi connectivity index (χ1n) is 7.85. The molecule has 0 spiro atoms. The number of pyridine rings is 1. The summed E-state index contributed by atoms with van der Waals surface area (Å²) in [6.07, 6.45) is 1.34. The molecule has 1 amide bonds. The molecule has 1 saturated heterocycles. The van der Waals surface area contributed by atoms with Gasteiger partial charge in [-0.3, -0.25) is 9.88 Å². The van der Waals surface area contributed by atoms with Crippen LogP contribution in [0.4, 0.5) is 4.79 Å². The monoisotopic (exact) mass is 316 g/mol. The average Bonchev–Trinajstić information content (AvgIpc) is 2.46. The van der Waals surface area contributed by atoms with Crippen molar-refractivity contribution in [3.63, 3.8) is 0 Å². The summed E-state index contributed by atoms with van der Waals surface area (Å²) in [6.45, 7) is 10.6. The molecule has 1 aliphatic rings. The van der Waals surface area contributed by atoms with Gasteiger partial charge in [0.15, 0.2) is 0 Å². The van der Waals surface area contributed by atoms with Crippen molar-refractivity contribution in [2.24, 2.45) is 0 Å². The molecule has 2 rings (SSSR count). The van der Waals surface area contributed by atoms with Gasteiger partial charge in [0.25, 0.3) is 0 Å². The molecule has 1 atom stereocenters. The molecule has 0 aromatic carbocycles. The number of carbonyl (C=O) groups excluding carboxylic acids is 1. The zero-order chi connectivity index (χ0) is 17.0. The smallest absolute Gasteiger partial charge is 0.410 e. The fourth-order valence-electron chi connectivity index (χ4n) is 2.58. The van der Waals surface area contributed by atoms with Crippen molar-refractivity contribution in [2.45, 2.75) is 45.9 Å². The van der Waals surface area contributed by atoms with E-state index in [1.54, 1.807) is 17.2 Å². The maximum Gasteiger partial charge on any atom is 0.410 e. The summed E-state index contributed by atoms with van der Waals surface area (Å²) >= 11 is 0. The van der Waals surface area contributed by atoms with Gasteiger partial charge in [-0.15, -0.1) is 0 Å². The molecule has 0 aliphatic carbocycles. The summed E-state index contributed by atoms with van der Waals surface area (Å²) in [4.78, 5) is 20.6. The van der Waals surface area contributed by atoms with E-state index in [9.17, 15) is 4.79 Å². The van der Waals surface area contributed by atoms with Gasteiger partial charge >= 0.3 is 6.09 Å². The summed E-state index contributed by atoms with van der Waals surface area (Å²) < 4.78 is 5.45. The highest BCUT2D eigenvalue weighted by molar-refractivity contribution is 5.68. The first kappa shape index (κ1) is 17.2. The van der Waals surface area contributed by atoms with E-state index in [2.05, 4.69) is 16.0 Å². The van der Waals surface area contributed by atoms with E-state index in [4.69, 9.17) is 10.00 Å². The van der Waals surface area contributed by atoms with E-state index in [-0.39, 0.29) is 12.1 Å². The van der Waals surface area contributed by atoms with Crippen LogP contribution in [0.15, 0.2) is 18.3 Å². The quantitative estimate of drug-likeness (QED) is 0.838. The second-order valence-corrected chi connectivity index (χ2v) is 6.91. The molecule has 124 valence electrons. The summed E-state index contributed by atoms with van der Waals surface area (Å²) in [7, 11) is 0. The highest BCUT2D eigenvalue weighted by Gasteiger charge is 2.30. The third-order valence-corrected chi connectivity index (χ3v) is 3.68. The Balaban J connectivity index is 1.90. The Morgan fingerprint density at radius 1 is 1.43 bits per heavy atom. The predicted octanol–water partition coefficient (Wildman–Crippen LogP) is 2.39. The Labute approximate surface area is 137 Å². The zero-order valence-corrected chi connectivity index (χ0v) is 14.2. The standard InChI is InChI=1S/C17H24N4O2/c1-13-11-20(12-15-6-5-14(9-18)10-19-15)7-8-21(13)16(22)23-17(2,3)4/h5-6,10,13H,7-8,11-12H2,1-4H3/t13-/m1/s1. The fraction of sp³-hybridized carbons (Fsp3) is 0.588. The first-order valence-corrected chi connectivity index (χ1v) is 7.85. The number of rotatable bonds is 2. The van der Waals surface area contributed by atoms with Crippen LogP contribution in [-0.2, 0) is 11.3 Å². The second-order valence-electron chi connectivity index (χ2n) is 6.91. The third kappa shape index (κ3) is 4.93. The molecule has 6 nitrogen and oxygen atoms in total. The number of hydrogen-bond donors (Lipinski definition) is 0. The topological polar surface area (TPSA) is 69.5 Å². The molecule has 1 aliphatic heterocycles. The number of amides is 1. The first-order chi connectivity index (χ1) is 10.8. The Morgan fingerprint density at radius 2 is 2.17 bits per heavy atom. The van der Waals surface area contributed by atoms with Crippen molar-refractivity contribution in [1.82, 2.24) is 14.8 Å². The number of carbonyl (C=O) groups is 1. The lowest BCUT2D eigenvalue weighted by Crippen LogP contribution is -2.54. The van der Waals surface area contributed by atoms with Crippen LogP contribution in [0.2, 0.25) is 0 Å².